The van der Waals surface area contributed by atoms with E-state index in [1.54, 1.807) is 28.8 Å². The fraction of sp³-hybridized carbons (Fsp3) is 0.435. The van der Waals surface area contributed by atoms with Crippen LogP contribution in [0.15, 0.2) is 24.5 Å². The van der Waals surface area contributed by atoms with Gasteiger partial charge in [-0.05, 0) is 32.3 Å². The van der Waals surface area contributed by atoms with Gasteiger partial charge < -0.3 is 25.4 Å². The van der Waals surface area contributed by atoms with Crippen LogP contribution in [0.25, 0.3) is 5.65 Å². The standard InChI is InChI=1S/C22H26N8O2.CH2O2/c1-13-24-20-9-19(32-2)17(12-30(20)27-13)26-22(31)29-8-6-16-18(5-7-23-21(16)29)28-10-14-3-4-15(11-28)25-14;2-1-3/h5,7,9,12,14-15,25H,3-4,6,8,10-11H2,1-2H3,(H,26,31);1H,(H,2,3). The topological polar surface area (TPSA) is 137 Å². The minimum absolute atomic E-state index is 0.233. The van der Waals surface area contributed by atoms with Crippen molar-refractivity contribution in [2.45, 2.75) is 38.3 Å². The fourth-order valence-corrected chi connectivity index (χ4v) is 5.23. The lowest BCUT2D eigenvalue weighted by Crippen LogP contribution is -2.51. The van der Waals surface area contributed by atoms with Gasteiger partial charge in [-0.15, -0.1) is 0 Å². The summed E-state index contributed by atoms with van der Waals surface area (Å²) in [6.45, 7) is 4.18. The number of aryl methyl sites for hydroxylation is 1. The second kappa shape index (κ2) is 9.37. The number of pyridine rings is 2. The number of methoxy groups -OCH3 is 1. The third-order valence-corrected chi connectivity index (χ3v) is 6.65. The van der Waals surface area contributed by atoms with E-state index in [-0.39, 0.29) is 12.5 Å². The van der Waals surface area contributed by atoms with Gasteiger partial charge in [0.1, 0.15) is 23.1 Å². The Morgan fingerprint density at radius 3 is 2.77 bits per heavy atom. The maximum absolute atomic E-state index is 13.2. The molecule has 3 aromatic heterocycles. The van der Waals surface area contributed by atoms with Crippen LogP contribution in [0.5, 0.6) is 5.75 Å². The van der Waals surface area contributed by atoms with Crippen molar-refractivity contribution in [1.82, 2.24) is 24.9 Å². The van der Waals surface area contributed by atoms with E-state index in [1.807, 2.05) is 13.1 Å². The van der Waals surface area contributed by atoms with Crippen LogP contribution in [0.2, 0.25) is 0 Å². The van der Waals surface area contributed by atoms with E-state index in [1.165, 1.54) is 18.5 Å². The van der Waals surface area contributed by atoms with Gasteiger partial charge >= 0.3 is 6.03 Å². The van der Waals surface area contributed by atoms with Crippen molar-refractivity contribution in [3.05, 3.63) is 35.9 Å². The summed E-state index contributed by atoms with van der Waals surface area (Å²) in [6, 6.07) is 4.74. The number of hydrogen-bond acceptors (Lipinski definition) is 8. The van der Waals surface area contributed by atoms with Crippen LogP contribution in [0, 0.1) is 6.92 Å². The molecule has 3 N–H and O–H groups in total. The molecule has 12 nitrogen and oxygen atoms in total. The Morgan fingerprint density at radius 2 is 2.06 bits per heavy atom. The summed E-state index contributed by atoms with van der Waals surface area (Å²) in [4.78, 5) is 34.7. The molecular formula is C23H28N8O4. The van der Waals surface area contributed by atoms with Crippen molar-refractivity contribution in [3.63, 3.8) is 0 Å². The van der Waals surface area contributed by atoms with Crippen LogP contribution >= 0.6 is 0 Å². The molecule has 2 bridgehead atoms. The van der Waals surface area contributed by atoms with Gasteiger partial charge in [-0.1, -0.05) is 0 Å². The fourth-order valence-electron chi connectivity index (χ4n) is 5.23. The third kappa shape index (κ3) is 4.32. The van der Waals surface area contributed by atoms with Gasteiger partial charge in [0, 0.05) is 55.2 Å². The second-order valence-electron chi connectivity index (χ2n) is 8.83. The largest absolute Gasteiger partial charge is 0.494 e. The molecule has 3 aliphatic rings. The minimum Gasteiger partial charge on any atom is -0.494 e. The van der Waals surface area contributed by atoms with Crippen LogP contribution in [0.3, 0.4) is 0 Å². The molecule has 2 unspecified atom stereocenters. The number of ether oxygens (including phenoxy) is 1. The first-order chi connectivity index (χ1) is 17.0. The number of aromatic nitrogens is 4. The number of carbonyl (C=O) groups excluding carboxylic acids is 1. The monoisotopic (exact) mass is 480 g/mol. The summed E-state index contributed by atoms with van der Waals surface area (Å²) in [5, 5.41) is 17.9. The van der Waals surface area contributed by atoms with E-state index in [0.29, 0.717) is 41.5 Å². The summed E-state index contributed by atoms with van der Waals surface area (Å²) in [7, 11) is 1.57. The van der Waals surface area contributed by atoms with Gasteiger partial charge in [0.05, 0.1) is 13.3 Å². The molecular weight excluding hydrogens is 452 g/mol. The van der Waals surface area contributed by atoms with Crippen molar-refractivity contribution in [3.8, 4) is 5.75 Å². The summed E-state index contributed by atoms with van der Waals surface area (Å²) >= 11 is 0. The maximum Gasteiger partial charge on any atom is 0.327 e. The molecule has 0 spiro atoms. The first-order valence-electron chi connectivity index (χ1n) is 11.6. The highest BCUT2D eigenvalue weighted by Crippen LogP contribution is 2.36. The normalized spacial score (nSPS) is 20.3. The van der Waals surface area contributed by atoms with Crippen LogP contribution in [-0.4, -0.2) is 76.0 Å². The van der Waals surface area contributed by atoms with E-state index in [2.05, 4.69) is 36.7 Å². The van der Waals surface area contributed by atoms with E-state index < -0.39 is 0 Å². The Morgan fingerprint density at radius 1 is 1.31 bits per heavy atom. The molecule has 35 heavy (non-hydrogen) atoms. The lowest BCUT2D eigenvalue weighted by molar-refractivity contribution is -0.122. The summed E-state index contributed by atoms with van der Waals surface area (Å²) in [5.41, 5.74) is 3.57. The van der Waals surface area contributed by atoms with E-state index in [0.717, 1.165) is 30.9 Å². The number of rotatable bonds is 3. The van der Waals surface area contributed by atoms with E-state index in [9.17, 15) is 4.79 Å². The van der Waals surface area contributed by atoms with Gasteiger partial charge in [0.25, 0.3) is 6.47 Å². The summed E-state index contributed by atoms with van der Waals surface area (Å²) in [5.74, 6) is 1.93. The van der Waals surface area contributed by atoms with Gasteiger partial charge in [0.2, 0.25) is 0 Å². The number of nitrogens with one attached hydrogen (secondary N) is 2. The van der Waals surface area contributed by atoms with Gasteiger partial charge in [-0.2, -0.15) is 5.10 Å². The SMILES string of the molecule is COc1cc2nc(C)nn2cc1NC(=O)N1CCc2c(N3CC4CCC(C3)N4)ccnc21.O=CO. The second-order valence-corrected chi connectivity index (χ2v) is 8.83. The average molecular weight is 481 g/mol. The molecule has 2 amide bonds. The molecule has 6 rings (SSSR count). The third-order valence-electron chi connectivity index (χ3n) is 6.65. The first kappa shape index (κ1) is 22.8. The van der Waals surface area contributed by atoms with Gasteiger partial charge in [-0.25, -0.2) is 19.3 Å². The number of amides is 2. The molecule has 3 aliphatic heterocycles. The Bertz CT molecular complexity index is 1250. The maximum atomic E-state index is 13.2. The zero-order chi connectivity index (χ0) is 24.5. The lowest BCUT2D eigenvalue weighted by atomic mass is 10.1. The number of carbonyl (C=O) groups is 2. The molecule has 0 radical (unpaired) electrons. The van der Waals surface area contributed by atoms with Crippen molar-refractivity contribution in [2.24, 2.45) is 0 Å². The molecule has 184 valence electrons. The molecule has 0 saturated carbocycles. The molecule has 0 aromatic carbocycles. The Labute approximate surface area is 201 Å². The van der Waals surface area contributed by atoms with Crippen molar-refractivity contribution < 1.29 is 19.4 Å². The van der Waals surface area contributed by atoms with Crippen LogP contribution in [0.4, 0.5) is 22.0 Å². The van der Waals surface area contributed by atoms with Gasteiger partial charge in [0.15, 0.2) is 5.65 Å². The molecule has 2 fully saturated rings. The van der Waals surface area contributed by atoms with Crippen LogP contribution in [0.1, 0.15) is 24.2 Å². The number of fused-ring (bicyclic) bond motifs is 4. The van der Waals surface area contributed by atoms with Crippen molar-refractivity contribution >= 4 is 35.3 Å². The lowest BCUT2D eigenvalue weighted by Gasteiger charge is -2.35. The smallest absolute Gasteiger partial charge is 0.327 e. The number of piperazine rings is 1. The molecule has 2 saturated heterocycles. The zero-order valence-corrected chi connectivity index (χ0v) is 19.6. The number of anilines is 3. The van der Waals surface area contributed by atoms with E-state index in [4.69, 9.17) is 14.6 Å². The van der Waals surface area contributed by atoms with Crippen molar-refractivity contribution in [1.29, 1.82) is 0 Å². The average Bonchev–Trinajstić information content (AvgIpc) is 3.53. The number of hydrogen-bond donors (Lipinski definition) is 3. The highest BCUT2D eigenvalue weighted by molar-refractivity contribution is 6.03. The number of nitrogens with zero attached hydrogens (tertiary/aromatic N) is 6. The highest BCUT2D eigenvalue weighted by Gasteiger charge is 2.35. The Balaban J connectivity index is 0.000000806. The predicted octanol–water partition coefficient (Wildman–Crippen LogP) is 1.68. The van der Waals surface area contributed by atoms with E-state index >= 15 is 0 Å². The Hall–Kier alpha value is -3.93. The van der Waals surface area contributed by atoms with Crippen LogP contribution < -0.4 is 25.2 Å². The quantitative estimate of drug-likeness (QED) is 0.478. The van der Waals surface area contributed by atoms with Gasteiger partial charge in [-0.3, -0.25) is 9.69 Å². The first-order valence-corrected chi connectivity index (χ1v) is 11.6. The predicted molar refractivity (Wildman–Crippen MR) is 129 cm³/mol. The summed E-state index contributed by atoms with van der Waals surface area (Å²) < 4.78 is 7.12. The Kier molecular flexibility index (Phi) is 6.12. The summed E-state index contributed by atoms with van der Waals surface area (Å²) in [6.07, 6.45) is 6.81. The zero-order valence-electron chi connectivity index (χ0n) is 19.6. The highest BCUT2D eigenvalue weighted by atomic mass is 16.5. The molecule has 2 atom stereocenters. The van der Waals surface area contributed by atoms with Crippen LogP contribution in [-0.2, 0) is 11.2 Å². The number of urea groups is 1. The number of carboxylic acid groups (broad SMARTS) is 1. The molecule has 6 heterocycles. The molecule has 0 aliphatic carbocycles. The van der Waals surface area contributed by atoms with Crippen molar-refractivity contribution in [2.75, 3.05) is 41.9 Å². The molecule has 12 heteroatoms. The minimum atomic E-state index is -0.250. The molecule has 3 aromatic rings.